The summed E-state index contributed by atoms with van der Waals surface area (Å²) in [6.07, 6.45) is 2.59. The molecule has 688 valence electrons. The van der Waals surface area contributed by atoms with Crippen LogP contribution in [-0.4, -0.2) is 28.7 Å². The van der Waals surface area contributed by atoms with E-state index in [4.69, 9.17) is 15.0 Å². The van der Waals surface area contributed by atoms with E-state index in [1.54, 1.807) is 0 Å². The van der Waals surface area contributed by atoms with Gasteiger partial charge >= 0.3 is 0 Å². The third-order valence-corrected chi connectivity index (χ3v) is 33.2. The molecule has 0 saturated heterocycles. The van der Waals surface area contributed by atoms with Crippen LogP contribution in [0.2, 0.25) is 0 Å². The van der Waals surface area contributed by atoms with Crippen LogP contribution < -0.4 is 0 Å². The zero-order valence-corrected chi connectivity index (χ0v) is 82.9. The first-order chi connectivity index (χ1) is 72.3. The summed E-state index contributed by atoms with van der Waals surface area (Å²) in [5.41, 5.74) is 35.3. The second kappa shape index (κ2) is 35.7. The maximum Gasteiger partial charge on any atom is 0.114 e. The maximum atomic E-state index is 5.10. The molecule has 27 aromatic rings. The molecule has 24 aromatic carbocycles. The predicted octanol–water partition coefficient (Wildman–Crippen LogP) is 38.1. The van der Waals surface area contributed by atoms with Crippen LogP contribution in [0.4, 0.5) is 0 Å². The zero-order valence-electron chi connectivity index (χ0n) is 80.5. The number of fused-ring (bicyclic) bond motifs is 14. The molecule has 146 heavy (non-hydrogen) atoms. The van der Waals surface area contributed by atoms with Crippen molar-refractivity contribution >= 4 is 155 Å². The minimum atomic E-state index is 0.861. The molecule has 30 rings (SSSR count). The van der Waals surface area contributed by atoms with Gasteiger partial charge in [-0.2, -0.15) is 0 Å². The molecular formula is C137H92N6S3. The fourth-order valence-electron chi connectivity index (χ4n) is 23.6. The lowest BCUT2D eigenvalue weighted by Gasteiger charge is -2.24. The van der Waals surface area contributed by atoms with Crippen molar-refractivity contribution in [2.45, 2.75) is 69.4 Å². The molecule has 3 aliphatic heterocycles. The summed E-state index contributed by atoms with van der Waals surface area (Å²) in [5.74, 6) is 3.29. The van der Waals surface area contributed by atoms with Crippen molar-refractivity contribution in [3.05, 3.63) is 485 Å². The van der Waals surface area contributed by atoms with Crippen LogP contribution in [0.5, 0.6) is 0 Å². The van der Waals surface area contributed by atoms with Gasteiger partial charge in [0, 0.05) is 65.3 Å². The van der Waals surface area contributed by atoms with Gasteiger partial charge in [0.15, 0.2) is 0 Å². The van der Waals surface area contributed by atoms with Crippen LogP contribution in [0.15, 0.2) is 496 Å². The Morgan fingerprint density at radius 1 is 0.171 bits per heavy atom. The first kappa shape index (κ1) is 86.7. The summed E-state index contributed by atoms with van der Waals surface area (Å²) in [6.45, 7) is 6.61. The predicted molar refractivity (Wildman–Crippen MR) is 618 cm³/mol. The Hall–Kier alpha value is -17.2. The van der Waals surface area contributed by atoms with Crippen LogP contribution in [0.25, 0.3) is 248 Å². The summed E-state index contributed by atoms with van der Waals surface area (Å²) in [6, 6.07) is 171. The number of hydrogen-bond donors (Lipinski definition) is 0. The highest BCUT2D eigenvalue weighted by molar-refractivity contribution is 8.00. The van der Waals surface area contributed by atoms with Crippen LogP contribution in [0.3, 0.4) is 0 Å². The van der Waals surface area contributed by atoms with Crippen molar-refractivity contribution in [1.29, 1.82) is 0 Å². The highest BCUT2D eigenvalue weighted by Gasteiger charge is 2.33. The molecule has 0 amide bonds. The Labute approximate surface area is 858 Å². The highest BCUT2D eigenvalue weighted by Crippen LogP contribution is 2.56. The largest absolute Gasteiger partial charge is 0.293 e. The van der Waals surface area contributed by atoms with E-state index >= 15 is 0 Å². The summed E-state index contributed by atoms with van der Waals surface area (Å²) < 4.78 is 7.28. The molecule has 6 heterocycles. The third kappa shape index (κ3) is 14.2. The molecule has 0 unspecified atom stereocenters. The summed E-state index contributed by atoms with van der Waals surface area (Å²) in [5, 5.41) is 20.1. The Kier molecular flexibility index (Phi) is 21.2. The smallest absolute Gasteiger partial charge is 0.114 e. The Morgan fingerprint density at radius 2 is 0.445 bits per heavy atom. The van der Waals surface area contributed by atoms with Gasteiger partial charge in [-0.15, -0.1) is 0 Å². The number of aromatic nitrogens is 6. The fraction of sp³-hybridized carbons (Fsp3) is 0.0438. The van der Waals surface area contributed by atoms with Crippen LogP contribution in [-0.2, 0) is 19.3 Å². The van der Waals surface area contributed by atoms with E-state index in [-0.39, 0.29) is 0 Å². The fourth-order valence-corrected chi connectivity index (χ4v) is 27.0. The van der Waals surface area contributed by atoms with Gasteiger partial charge in [-0.25, -0.2) is 15.0 Å². The van der Waals surface area contributed by atoms with Crippen molar-refractivity contribution in [2.24, 2.45) is 0 Å². The van der Waals surface area contributed by atoms with Gasteiger partial charge in [0.2, 0.25) is 0 Å². The quantitative estimate of drug-likeness (QED) is 0.107. The Morgan fingerprint density at radius 3 is 0.863 bits per heavy atom. The zero-order chi connectivity index (χ0) is 96.7. The minimum absolute atomic E-state index is 0.861. The van der Waals surface area contributed by atoms with Crippen LogP contribution >= 0.6 is 35.3 Å². The van der Waals surface area contributed by atoms with Crippen LogP contribution in [0.1, 0.15) is 38.2 Å². The van der Waals surface area contributed by atoms with Crippen molar-refractivity contribution in [1.82, 2.24) is 28.7 Å². The molecule has 0 N–H and O–H groups in total. The number of imidazole rings is 3. The molecule has 3 aromatic heterocycles. The van der Waals surface area contributed by atoms with Gasteiger partial charge < -0.3 is 0 Å². The topological polar surface area (TPSA) is 53.5 Å². The number of aryl methyl sites for hydroxylation is 3. The standard InChI is InChI=1S/C47H32N2S.2C45H30N2S/c1-2-43-48-40-23-13-25-42-47(40)49(43)46-35(22-12-24-41(46)50-42)33-26-27-38-39(29-33)44(31-16-7-4-8-17-31)36-20-9-10-21-37(36)45(38)34-19-11-18-32(28-34)30-14-5-3-6-15-30;1-2-41-46-38-22-12-24-40-45(38)47(41)44-32(20-11-23-39(44)48-40)30-25-26-36-37(27-30)43(33-21-10-16-28-13-6-7-17-31(28)33)35-19-9-8-18-34(35)42(36)29-14-4-3-5-15-29;1-2-41-46-38-19-11-21-40-45(38)47(41)44-33(18-10-20-39(44)48-40)31-24-25-36-37(27-31)43(32-23-22-28-12-6-7-15-30(28)26-32)35-17-9-8-16-34(35)42(36)29-13-4-3-5-14-29/h3-29H,2H2,1H3;2*3-27H,2H2,1H3. The van der Waals surface area contributed by atoms with E-state index in [1.807, 2.05) is 35.3 Å². The monoisotopic (exact) mass is 1920 g/mol. The minimum Gasteiger partial charge on any atom is -0.293 e. The normalized spacial score (nSPS) is 12.2. The maximum absolute atomic E-state index is 5.10. The van der Waals surface area contributed by atoms with Crippen molar-refractivity contribution in [3.8, 4) is 128 Å². The SMILES string of the molecule is CCc1nc2cccc3c2n1-c1c(cccc1-c1ccc2c(-c4cccc(-c5ccccc5)c4)c4ccccc4c(-c4ccccc4)c2c1)S3.CCc1nc2cccc3c2n1-c1c(cccc1-c1ccc2c(-c4ccccc4)c4ccccc4c(-c4ccc5ccccc5c4)c2c1)S3.CCc1nc2cccc3c2n1-c1c(cccc1-c1ccc2c(-c4ccccc4)c4ccccc4c(-c4cccc5ccccc45)c2c1)S3. The molecule has 0 spiro atoms. The number of nitrogens with zero attached hydrogens (tertiary/aromatic N) is 6. The van der Waals surface area contributed by atoms with Gasteiger partial charge in [-0.3, -0.25) is 13.7 Å². The van der Waals surface area contributed by atoms with Gasteiger partial charge in [0.05, 0.1) is 50.2 Å². The summed E-state index contributed by atoms with van der Waals surface area (Å²) >= 11 is 5.56. The van der Waals surface area contributed by atoms with Crippen molar-refractivity contribution < 1.29 is 0 Å². The van der Waals surface area contributed by atoms with Gasteiger partial charge in [0.1, 0.15) is 17.5 Å². The van der Waals surface area contributed by atoms with E-state index in [2.05, 4.69) is 502 Å². The van der Waals surface area contributed by atoms with E-state index in [1.165, 1.54) is 260 Å². The molecule has 0 saturated carbocycles. The second-order valence-corrected chi connectivity index (χ2v) is 41.3. The summed E-state index contributed by atoms with van der Waals surface area (Å²) in [4.78, 5) is 22.9. The molecule has 9 heteroatoms. The molecule has 0 bridgehead atoms. The summed E-state index contributed by atoms with van der Waals surface area (Å²) in [7, 11) is 0. The van der Waals surface area contributed by atoms with E-state index < -0.39 is 0 Å². The molecule has 0 aliphatic carbocycles. The van der Waals surface area contributed by atoms with Gasteiger partial charge in [-0.1, -0.05) is 438 Å². The molecule has 0 fully saturated rings. The van der Waals surface area contributed by atoms with Gasteiger partial charge in [-0.05, 0) is 266 Å². The molecule has 6 nitrogen and oxygen atoms in total. The van der Waals surface area contributed by atoms with Crippen LogP contribution in [0, 0.1) is 0 Å². The number of benzene rings is 24. The number of rotatable bonds is 13. The van der Waals surface area contributed by atoms with Gasteiger partial charge in [0.25, 0.3) is 0 Å². The van der Waals surface area contributed by atoms with Crippen molar-refractivity contribution in [2.75, 3.05) is 0 Å². The van der Waals surface area contributed by atoms with Crippen molar-refractivity contribution in [3.63, 3.8) is 0 Å². The molecule has 0 radical (unpaired) electrons. The highest BCUT2D eigenvalue weighted by atomic mass is 32.2. The lowest BCUT2D eigenvalue weighted by atomic mass is 9.83. The molecule has 0 atom stereocenters. The average Bonchev–Trinajstić information content (AvgIpc) is 1.11. The average molecular weight is 1920 g/mol. The first-order valence-corrected chi connectivity index (χ1v) is 53.0. The second-order valence-electron chi connectivity index (χ2n) is 38.1. The van der Waals surface area contributed by atoms with E-state index in [9.17, 15) is 0 Å². The number of hydrogen-bond acceptors (Lipinski definition) is 6. The Balaban J connectivity index is 0.000000106. The van der Waals surface area contributed by atoms with E-state index in [0.717, 1.165) is 53.3 Å². The number of para-hydroxylation sites is 6. The molecular weight excluding hydrogens is 1830 g/mol. The molecule has 3 aliphatic rings. The lowest BCUT2D eigenvalue weighted by molar-refractivity contribution is 0.889. The lowest BCUT2D eigenvalue weighted by Crippen LogP contribution is -2.07. The van der Waals surface area contributed by atoms with E-state index in [0.29, 0.717) is 0 Å². The Bertz CT molecular complexity index is 10000. The first-order valence-electron chi connectivity index (χ1n) is 50.5. The third-order valence-electron chi connectivity index (χ3n) is 30.0.